The first-order chi connectivity index (χ1) is 9.58. The van der Waals surface area contributed by atoms with Crippen molar-refractivity contribution in [2.75, 3.05) is 5.32 Å². The average molecular weight is 291 g/mol. The van der Waals surface area contributed by atoms with Crippen LogP contribution in [0.25, 0.3) is 0 Å². The maximum absolute atomic E-state index is 10.8. The van der Waals surface area contributed by atoms with Gasteiger partial charge in [-0.3, -0.25) is 10.1 Å². The van der Waals surface area contributed by atoms with E-state index in [0.717, 1.165) is 18.7 Å². The second kappa shape index (κ2) is 5.28. The number of nitrogens with one attached hydrogen (secondary N) is 1. The maximum Gasteiger partial charge on any atom is 0.290 e. The van der Waals surface area contributed by atoms with Gasteiger partial charge in [0.25, 0.3) is 5.69 Å². The smallest absolute Gasteiger partial charge is 0.290 e. The minimum Gasteiger partial charge on any atom is -0.367 e. The maximum atomic E-state index is 10.8. The molecule has 0 aliphatic heterocycles. The highest BCUT2D eigenvalue weighted by Crippen LogP contribution is 2.46. The van der Waals surface area contributed by atoms with Crippen LogP contribution in [0.15, 0.2) is 12.3 Å². The molecule has 0 radical (unpaired) electrons. The summed E-state index contributed by atoms with van der Waals surface area (Å²) < 4.78 is 0. The van der Waals surface area contributed by atoms with Crippen LogP contribution in [0.5, 0.6) is 0 Å². The number of rotatable bonds is 3. The summed E-state index contributed by atoms with van der Waals surface area (Å²) in [5.74, 6) is 0.733. The van der Waals surface area contributed by atoms with Crippen molar-refractivity contribution in [3.05, 3.63) is 27.9 Å². The first kappa shape index (κ1) is 15.7. The van der Waals surface area contributed by atoms with Crippen molar-refractivity contribution in [2.45, 2.75) is 59.9 Å². The Kier molecular flexibility index (Phi) is 3.95. The van der Waals surface area contributed by atoms with Gasteiger partial charge in [0.2, 0.25) is 0 Å². The largest absolute Gasteiger partial charge is 0.367 e. The van der Waals surface area contributed by atoms with Crippen molar-refractivity contribution in [3.8, 4) is 0 Å². The minimum absolute atomic E-state index is 0.0739. The summed E-state index contributed by atoms with van der Waals surface area (Å²) in [5.41, 5.74) is 1.32. The van der Waals surface area contributed by atoms with E-state index in [1.165, 1.54) is 12.6 Å². The molecule has 21 heavy (non-hydrogen) atoms. The highest BCUT2D eigenvalue weighted by molar-refractivity contribution is 5.47. The monoisotopic (exact) mass is 291 g/mol. The van der Waals surface area contributed by atoms with Gasteiger partial charge in [-0.15, -0.1) is 0 Å². The molecule has 1 aromatic heterocycles. The summed E-state index contributed by atoms with van der Waals surface area (Å²) in [5, 5.41) is 14.3. The zero-order chi connectivity index (χ0) is 15.8. The summed E-state index contributed by atoms with van der Waals surface area (Å²) in [7, 11) is 0. The van der Waals surface area contributed by atoms with E-state index in [2.05, 4.69) is 38.0 Å². The number of pyridine rings is 1. The molecule has 0 saturated heterocycles. The number of nitrogens with zero attached hydrogens (tertiary/aromatic N) is 2. The molecule has 1 aromatic rings. The van der Waals surface area contributed by atoms with Crippen LogP contribution in [0, 0.1) is 27.9 Å². The van der Waals surface area contributed by atoms with E-state index in [9.17, 15) is 10.1 Å². The van der Waals surface area contributed by atoms with Gasteiger partial charge < -0.3 is 5.32 Å². The molecule has 0 aromatic carbocycles. The lowest BCUT2D eigenvalue weighted by Gasteiger charge is -2.45. The fourth-order valence-electron chi connectivity index (χ4n) is 3.98. The average Bonchev–Trinajstić information content (AvgIpc) is 2.23. The molecule has 1 heterocycles. The molecule has 1 aliphatic carbocycles. The van der Waals surface area contributed by atoms with Crippen molar-refractivity contribution >= 4 is 11.5 Å². The molecular formula is C16H25N3O2. The lowest BCUT2D eigenvalue weighted by atomic mass is 9.63. The molecule has 0 spiro atoms. The van der Waals surface area contributed by atoms with Gasteiger partial charge in [-0.05, 0) is 43.1 Å². The summed E-state index contributed by atoms with van der Waals surface area (Å²) >= 11 is 0. The first-order valence-corrected chi connectivity index (χ1v) is 7.46. The van der Waals surface area contributed by atoms with Crippen LogP contribution in [-0.2, 0) is 0 Å². The number of aryl methyl sites for hydroxylation is 1. The summed E-state index contributed by atoms with van der Waals surface area (Å²) in [6, 6.07) is 2.13. The summed E-state index contributed by atoms with van der Waals surface area (Å²) in [6.07, 6.45) is 4.74. The topological polar surface area (TPSA) is 68.1 Å². The van der Waals surface area contributed by atoms with Crippen LogP contribution >= 0.6 is 0 Å². The fourth-order valence-corrected chi connectivity index (χ4v) is 3.98. The quantitative estimate of drug-likeness (QED) is 0.665. The van der Waals surface area contributed by atoms with Crippen LogP contribution < -0.4 is 5.32 Å². The molecule has 0 bridgehead atoms. The Balaban J connectivity index is 2.14. The van der Waals surface area contributed by atoms with Gasteiger partial charge in [0.15, 0.2) is 0 Å². The molecule has 0 atom stereocenters. The molecule has 5 nitrogen and oxygen atoms in total. The Morgan fingerprint density at radius 3 is 2.33 bits per heavy atom. The molecule has 1 fully saturated rings. The predicted molar refractivity (Wildman–Crippen MR) is 84.5 cm³/mol. The van der Waals surface area contributed by atoms with E-state index in [0.29, 0.717) is 22.4 Å². The van der Waals surface area contributed by atoms with Gasteiger partial charge >= 0.3 is 0 Å². The molecule has 0 unspecified atom stereocenters. The van der Waals surface area contributed by atoms with Gasteiger partial charge in [-0.2, -0.15) is 0 Å². The van der Waals surface area contributed by atoms with Crippen molar-refractivity contribution in [3.63, 3.8) is 0 Å². The van der Waals surface area contributed by atoms with Crippen LogP contribution in [0.2, 0.25) is 0 Å². The Labute approximate surface area is 126 Å². The van der Waals surface area contributed by atoms with Crippen LogP contribution in [0.3, 0.4) is 0 Å². The molecule has 5 heteroatoms. The number of anilines is 1. The normalized spacial score (nSPS) is 21.0. The molecule has 1 aliphatic rings. The highest BCUT2D eigenvalue weighted by Gasteiger charge is 2.38. The third-order valence-electron chi connectivity index (χ3n) is 4.19. The first-order valence-electron chi connectivity index (χ1n) is 7.46. The van der Waals surface area contributed by atoms with E-state index in [-0.39, 0.29) is 10.6 Å². The zero-order valence-corrected chi connectivity index (χ0v) is 13.6. The van der Waals surface area contributed by atoms with E-state index in [1.54, 1.807) is 13.0 Å². The van der Waals surface area contributed by atoms with Gasteiger partial charge in [0, 0.05) is 11.6 Å². The fraction of sp³-hybridized carbons (Fsp3) is 0.688. The van der Waals surface area contributed by atoms with E-state index in [4.69, 9.17) is 0 Å². The highest BCUT2D eigenvalue weighted by atomic mass is 16.6. The summed E-state index contributed by atoms with van der Waals surface area (Å²) in [6.45, 7) is 11.0. The Morgan fingerprint density at radius 1 is 1.29 bits per heavy atom. The second-order valence-corrected chi connectivity index (χ2v) is 7.87. The predicted octanol–water partition coefficient (Wildman–Crippen LogP) is 4.32. The van der Waals surface area contributed by atoms with Crippen LogP contribution in [-0.4, -0.2) is 15.9 Å². The molecule has 1 saturated carbocycles. The van der Waals surface area contributed by atoms with Crippen molar-refractivity contribution < 1.29 is 4.92 Å². The third-order valence-corrected chi connectivity index (χ3v) is 4.19. The Hall–Kier alpha value is -1.65. The van der Waals surface area contributed by atoms with Gasteiger partial charge in [0.05, 0.1) is 4.92 Å². The SMILES string of the molecule is Cc1cc(NC2CC(C)(C)CC(C)(C)C2)ncc1[N+](=O)[O-]. The van der Waals surface area contributed by atoms with E-state index in [1.807, 2.05) is 0 Å². The molecule has 1 N–H and O–H groups in total. The Morgan fingerprint density at radius 2 is 1.86 bits per heavy atom. The van der Waals surface area contributed by atoms with Crippen molar-refractivity contribution in [1.29, 1.82) is 0 Å². The molecule has 0 amide bonds. The molecular weight excluding hydrogens is 266 g/mol. The molecule has 116 valence electrons. The molecule has 2 rings (SSSR count). The number of hydrogen-bond donors (Lipinski definition) is 1. The van der Waals surface area contributed by atoms with Gasteiger partial charge in [-0.25, -0.2) is 4.98 Å². The standard InChI is InChI=1S/C16H25N3O2/c1-11-6-14(17-9-13(11)19(20)21)18-12-7-15(2,3)10-16(4,5)8-12/h6,9,12H,7-8,10H2,1-5H3,(H,17,18). The Bertz CT molecular complexity index is 536. The number of nitro groups is 1. The second-order valence-electron chi connectivity index (χ2n) is 7.87. The minimum atomic E-state index is -0.390. The van der Waals surface area contributed by atoms with E-state index >= 15 is 0 Å². The summed E-state index contributed by atoms with van der Waals surface area (Å²) in [4.78, 5) is 14.6. The van der Waals surface area contributed by atoms with Gasteiger partial charge in [0.1, 0.15) is 12.0 Å². The lowest BCUT2D eigenvalue weighted by Crippen LogP contribution is -2.40. The van der Waals surface area contributed by atoms with Crippen LogP contribution in [0.1, 0.15) is 52.5 Å². The third kappa shape index (κ3) is 3.93. The zero-order valence-electron chi connectivity index (χ0n) is 13.6. The lowest BCUT2D eigenvalue weighted by molar-refractivity contribution is -0.385. The van der Waals surface area contributed by atoms with Crippen molar-refractivity contribution in [1.82, 2.24) is 4.98 Å². The van der Waals surface area contributed by atoms with Crippen molar-refractivity contribution in [2.24, 2.45) is 10.8 Å². The van der Waals surface area contributed by atoms with Crippen LogP contribution in [0.4, 0.5) is 11.5 Å². The number of aromatic nitrogens is 1. The van der Waals surface area contributed by atoms with E-state index < -0.39 is 0 Å². The van der Waals surface area contributed by atoms with Gasteiger partial charge in [-0.1, -0.05) is 27.7 Å². The number of hydrogen-bond acceptors (Lipinski definition) is 4.